The third-order valence-corrected chi connectivity index (χ3v) is 1.87. The van der Waals surface area contributed by atoms with Gasteiger partial charge in [-0.3, -0.25) is 0 Å². The lowest BCUT2D eigenvalue weighted by Gasteiger charge is -2.08. The molecule has 0 unspecified atom stereocenters. The average molecular weight is 195 g/mol. The van der Waals surface area contributed by atoms with Crippen molar-refractivity contribution in [2.24, 2.45) is 5.73 Å². The number of nitrogens with zero attached hydrogens (tertiary/aromatic N) is 1. The number of esters is 1. The topological polar surface area (TPSA) is 91.2 Å². The second-order valence-electron chi connectivity index (χ2n) is 2.98. The normalized spacial score (nSPS) is 12.2. The summed E-state index contributed by atoms with van der Waals surface area (Å²) in [4.78, 5) is 15.1. The van der Waals surface area contributed by atoms with Gasteiger partial charge in [-0.25, -0.2) is 9.78 Å². The summed E-state index contributed by atoms with van der Waals surface area (Å²) in [6, 6.07) is 1.41. The van der Waals surface area contributed by atoms with Crippen molar-refractivity contribution in [3.63, 3.8) is 0 Å². The van der Waals surface area contributed by atoms with Gasteiger partial charge in [-0.1, -0.05) is 0 Å². The smallest absolute Gasteiger partial charge is 0.341 e. The first kappa shape index (κ1) is 10.5. The standard InChI is InChI=1S/C9H13N3O2/c1-5(10)6-3-7(9(13)14-2)8(11)12-4-6/h3-5H,10H2,1-2H3,(H2,11,12)/t5-/m0/s1. The molecular formula is C9H13N3O2. The maximum atomic E-state index is 11.2. The number of methoxy groups -OCH3 is 1. The molecule has 5 nitrogen and oxygen atoms in total. The molecule has 4 N–H and O–H groups in total. The van der Waals surface area contributed by atoms with Crippen LogP contribution in [0.4, 0.5) is 5.82 Å². The number of pyridine rings is 1. The maximum Gasteiger partial charge on any atom is 0.341 e. The number of rotatable bonds is 2. The molecule has 0 aliphatic carbocycles. The molecule has 1 rings (SSSR count). The van der Waals surface area contributed by atoms with E-state index in [4.69, 9.17) is 11.5 Å². The Labute approximate surface area is 82.1 Å². The monoisotopic (exact) mass is 195 g/mol. The van der Waals surface area contributed by atoms with Crippen LogP contribution in [-0.4, -0.2) is 18.1 Å². The molecule has 76 valence electrons. The molecule has 1 aromatic rings. The number of nitrogens with two attached hydrogens (primary N) is 2. The Bertz CT molecular complexity index is 350. The lowest BCUT2D eigenvalue weighted by atomic mass is 10.1. The van der Waals surface area contributed by atoms with Gasteiger partial charge in [0.25, 0.3) is 0 Å². The van der Waals surface area contributed by atoms with Crippen LogP contribution in [0.2, 0.25) is 0 Å². The Kier molecular flexibility index (Phi) is 3.03. The van der Waals surface area contributed by atoms with Gasteiger partial charge < -0.3 is 16.2 Å². The molecule has 0 aliphatic heterocycles. The molecule has 0 saturated carbocycles. The van der Waals surface area contributed by atoms with Gasteiger partial charge in [0, 0.05) is 12.2 Å². The molecular weight excluding hydrogens is 182 g/mol. The van der Waals surface area contributed by atoms with Crippen LogP contribution in [0.3, 0.4) is 0 Å². The zero-order valence-electron chi connectivity index (χ0n) is 8.15. The van der Waals surface area contributed by atoms with E-state index >= 15 is 0 Å². The van der Waals surface area contributed by atoms with Gasteiger partial charge in [0.2, 0.25) is 0 Å². The largest absolute Gasteiger partial charge is 0.465 e. The number of carbonyl (C=O) groups is 1. The fourth-order valence-corrected chi connectivity index (χ4v) is 1.01. The van der Waals surface area contributed by atoms with E-state index in [0.29, 0.717) is 0 Å². The second kappa shape index (κ2) is 4.06. The van der Waals surface area contributed by atoms with Gasteiger partial charge in [-0.05, 0) is 18.6 Å². The highest BCUT2D eigenvalue weighted by atomic mass is 16.5. The molecule has 5 heteroatoms. The van der Waals surface area contributed by atoms with Gasteiger partial charge in [-0.2, -0.15) is 0 Å². The highest BCUT2D eigenvalue weighted by Crippen LogP contribution is 2.15. The van der Waals surface area contributed by atoms with Gasteiger partial charge >= 0.3 is 5.97 Å². The fraction of sp³-hybridized carbons (Fsp3) is 0.333. The maximum absolute atomic E-state index is 11.2. The van der Waals surface area contributed by atoms with E-state index in [1.54, 1.807) is 19.2 Å². The molecule has 0 saturated heterocycles. The molecule has 0 aromatic carbocycles. The van der Waals surface area contributed by atoms with E-state index in [9.17, 15) is 4.79 Å². The van der Waals surface area contributed by atoms with Crippen molar-refractivity contribution in [2.75, 3.05) is 12.8 Å². The summed E-state index contributed by atoms with van der Waals surface area (Å²) in [7, 11) is 1.29. The molecule has 0 fully saturated rings. The SMILES string of the molecule is COC(=O)c1cc([C@H](C)N)cnc1N. The second-order valence-corrected chi connectivity index (χ2v) is 2.98. The predicted octanol–water partition coefficient (Wildman–Crippen LogP) is 0.470. The third-order valence-electron chi connectivity index (χ3n) is 1.87. The molecule has 0 aliphatic rings. The number of carbonyl (C=O) groups excluding carboxylic acids is 1. The summed E-state index contributed by atoms with van der Waals surface area (Å²) in [6.07, 6.45) is 1.55. The van der Waals surface area contributed by atoms with E-state index in [1.807, 2.05) is 0 Å². The van der Waals surface area contributed by atoms with Crippen molar-refractivity contribution in [1.29, 1.82) is 0 Å². The lowest BCUT2D eigenvalue weighted by molar-refractivity contribution is 0.0601. The highest BCUT2D eigenvalue weighted by molar-refractivity contribution is 5.94. The van der Waals surface area contributed by atoms with Crippen molar-refractivity contribution in [2.45, 2.75) is 13.0 Å². The quantitative estimate of drug-likeness (QED) is 0.669. The minimum Gasteiger partial charge on any atom is -0.465 e. The first-order valence-corrected chi connectivity index (χ1v) is 4.15. The minimum absolute atomic E-state index is 0.154. The van der Waals surface area contributed by atoms with Crippen molar-refractivity contribution in [3.8, 4) is 0 Å². The van der Waals surface area contributed by atoms with Crippen LogP contribution in [0.25, 0.3) is 0 Å². The Morgan fingerprint density at radius 3 is 2.79 bits per heavy atom. The average Bonchev–Trinajstić information content (AvgIpc) is 2.17. The first-order chi connectivity index (χ1) is 6.56. The van der Waals surface area contributed by atoms with E-state index < -0.39 is 5.97 Å². The molecule has 0 amide bonds. The minimum atomic E-state index is -0.502. The number of anilines is 1. The number of hydrogen-bond acceptors (Lipinski definition) is 5. The molecule has 0 bridgehead atoms. The Balaban J connectivity index is 3.15. The van der Waals surface area contributed by atoms with Gasteiger partial charge in [0.15, 0.2) is 0 Å². The van der Waals surface area contributed by atoms with Crippen LogP contribution >= 0.6 is 0 Å². The molecule has 0 radical (unpaired) electrons. The summed E-state index contributed by atoms with van der Waals surface area (Å²) >= 11 is 0. The summed E-state index contributed by atoms with van der Waals surface area (Å²) in [5.41, 5.74) is 12.2. The third kappa shape index (κ3) is 2.00. The summed E-state index contributed by atoms with van der Waals surface area (Å²) < 4.78 is 4.55. The van der Waals surface area contributed by atoms with E-state index in [1.165, 1.54) is 7.11 Å². The molecule has 1 aromatic heterocycles. The zero-order chi connectivity index (χ0) is 10.7. The van der Waals surface area contributed by atoms with Crippen molar-refractivity contribution in [3.05, 3.63) is 23.4 Å². The van der Waals surface area contributed by atoms with Crippen LogP contribution in [0.15, 0.2) is 12.3 Å². The van der Waals surface area contributed by atoms with Crippen LogP contribution in [0, 0.1) is 0 Å². The number of nitrogen functional groups attached to an aromatic ring is 1. The van der Waals surface area contributed by atoms with E-state index in [0.717, 1.165) is 5.56 Å². The van der Waals surface area contributed by atoms with Crippen LogP contribution in [0.1, 0.15) is 28.9 Å². The summed E-state index contributed by atoms with van der Waals surface area (Å²) in [5.74, 6) is -0.348. The van der Waals surface area contributed by atoms with Crippen molar-refractivity contribution in [1.82, 2.24) is 4.98 Å². The van der Waals surface area contributed by atoms with Crippen LogP contribution in [-0.2, 0) is 4.74 Å². The van der Waals surface area contributed by atoms with Gasteiger partial charge in [0.1, 0.15) is 11.4 Å². The van der Waals surface area contributed by atoms with E-state index in [-0.39, 0.29) is 17.4 Å². The predicted molar refractivity (Wildman–Crippen MR) is 52.6 cm³/mol. The number of aromatic nitrogens is 1. The number of hydrogen-bond donors (Lipinski definition) is 2. The van der Waals surface area contributed by atoms with Crippen LogP contribution in [0.5, 0.6) is 0 Å². The Morgan fingerprint density at radius 1 is 1.64 bits per heavy atom. The molecule has 1 atom stereocenters. The van der Waals surface area contributed by atoms with E-state index in [2.05, 4.69) is 9.72 Å². The highest BCUT2D eigenvalue weighted by Gasteiger charge is 2.12. The molecule has 0 spiro atoms. The van der Waals surface area contributed by atoms with Crippen molar-refractivity contribution >= 4 is 11.8 Å². The van der Waals surface area contributed by atoms with Crippen molar-refractivity contribution < 1.29 is 9.53 Å². The Morgan fingerprint density at radius 2 is 2.29 bits per heavy atom. The Hall–Kier alpha value is -1.62. The zero-order valence-corrected chi connectivity index (χ0v) is 8.15. The summed E-state index contributed by atoms with van der Waals surface area (Å²) in [5, 5.41) is 0. The molecule has 14 heavy (non-hydrogen) atoms. The van der Waals surface area contributed by atoms with Gasteiger partial charge in [0.05, 0.1) is 7.11 Å². The summed E-state index contributed by atoms with van der Waals surface area (Å²) in [6.45, 7) is 1.80. The molecule has 1 heterocycles. The number of ether oxygens (including phenoxy) is 1. The lowest BCUT2D eigenvalue weighted by Crippen LogP contribution is -2.11. The first-order valence-electron chi connectivity index (χ1n) is 4.15. The fourth-order valence-electron chi connectivity index (χ4n) is 1.01. The van der Waals surface area contributed by atoms with Crippen LogP contribution < -0.4 is 11.5 Å². The van der Waals surface area contributed by atoms with Gasteiger partial charge in [-0.15, -0.1) is 0 Å².